The summed E-state index contributed by atoms with van der Waals surface area (Å²) in [6, 6.07) is 8.19. The first kappa shape index (κ1) is 10.5. The first-order valence-corrected chi connectivity index (χ1v) is 5.98. The summed E-state index contributed by atoms with van der Waals surface area (Å²) in [5.74, 6) is 0.180. The van der Waals surface area contributed by atoms with Crippen LogP contribution in [-0.2, 0) is 13.1 Å². The number of aromatic nitrogens is 1. The van der Waals surface area contributed by atoms with Crippen LogP contribution >= 0.6 is 0 Å². The summed E-state index contributed by atoms with van der Waals surface area (Å²) in [5.41, 5.74) is 3.31. The van der Waals surface area contributed by atoms with Crippen molar-refractivity contribution in [1.82, 2.24) is 9.47 Å². The zero-order valence-electron chi connectivity index (χ0n) is 10.2. The van der Waals surface area contributed by atoms with Crippen LogP contribution in [0.25, 0.3) is 10.9 Å². The zero-order valence-corrected chi connectivity index (χ0v) is 10.2. The molecule has 1 aliphatic rings. The van der Waals surface area contributed by atoms with Crippen LogP contribution in [0.1, 0.15) is 23.0 Å². The minimum absolute atomic E-state index is 0.180. The van der Waals surface area contributed by atoms with E-state index in [0.29, 0.717) is 0 Å². The summed E-state index contributed by atoms with van der Waals surface area (Å²) in [6.07, 6.45) is 0.958. The fraction of sp³-hybridized carbons (Fsp3) is 0.357. The lowest BCUT2D eigenvalue weighted by Crippen LogP contribution is -2.31. The van der Waals surface area contributed by atoms with Crippen molar-refractivity contribution < 1.29 is 4.79 Å². The molecule has 0 saturated carbocycles. The molecule has 3 heteroatoms. The van der Waals surface area contributed by atoms with Crippen molar-refractivity contribution in [1.29, 1.82) is 0 Å². The molecule has 1 aliphatic heterocycles. The molecule has 2 aromatic rings. The van der Waals surface area contributed by atoms with Crippen LogP contribution in [0.2, 0.25) is 0 Å². The van der Waals surface area contributed by atoms with Crippen LogP contribution < -0.4 is 0 Å². The highest BCUT2D eigenvalue weighted by Crippen LogP contribution is 2.29. The number of hydrogen-bond donors (Lipinski definition) is 0. The molecule has 1 aromatic heterocycles. The van der Waals surface area contributed by atoms with Gasteiger partial charge in [-0.1, -0.05) is 18.2 Å². The normalized spacial score (nSPS) is 16.1. The Morgan fingerprint density at radius 3 is 2.82 bits per heavy atom. The molecule has 2 heterocycles. The number of benzene rings is 1. The van der Waals surface area contributed by atoms with Crippen LogP contribution in [-0.4, -0.2) is 28.8 Å². The van der Waals surface area contributed by atoms with Gasteiger partial charge in [0.15, 0.2) is 5.78 Å². The summed E-state index contributed by atoms with van der Waals surface area (Å²) in [7, 11) is 2.12. The second-order valence-corrected chi connectivity index (χ2v) is 4.79. The molecule has 0 N–H and O–H groups in total. The number of carbonyl (C=O) groups excluding carboxylic acids is 1. The van der Waals surface area contributed by atoms with Gasteiger partial charge >= 0.3 is 0 Å². The van der Waals surface area contributed by atoms with Crippen LogP contribution in [0.15, 0.2) is 24.3 Å². The van der Waals surface area contributed by atoms with E-state index in [2.05, 4.69) is 28.6 Å². The maximum atomic E-state index is 11.8. The highest BCUT2D eigenvalue weighted by molar-refractivity contribution is 6.08. The van der Waals surface area contributed by atoms with Gasteiger partial charge in [0.05, 0.1) is 12.2 Å². The average molecular weight is 228 g/mol. The van der Waals surface area contributed by atoms with E-state index < -0.39 is 0 Å². The Kier molecular flexibility index (Phi) is 2.30. The third-order valence-corrected chi connectivity index (χ3v) is 3.54. The molecule has 0 aliphatic carbocycles. The number of fused-ring (bicyclic) bond motifs is 3. The number of likely N-dealkylation sites (N-methyl/N-ethyl adjacent to an activating group) is 1. The number of hydrogen-bond acceptors (Lipinski definition) is 2. The average Bonchev–Trinajstić information content (AvgIpc) is 2.63. The van der Waals surface area contributed by atoms with Gasteiger partial charge in [0.1, 0.15) is 0 Å². The van der Waals surface area contributed by atoms with Crippen LogP contribution in [0.3, 0.4) is 0 Å². The van der Waals surface area contributed by atoms with E-state index >= 15 is 0 Å². The molecule has 0 fully saturated rings. The predicted octanol–water partition coefficient (Wildman–Crippen LogP) is 2.29. The van der Waals surface area contributed by atoms with Gasteiger partial charge in [0.25, 0.3) is 0 Å². The van der Waals surface area contributed by atoms with E-state index in [1.54, 1.807) is 6.92 Å². The van der Waals surface area contributed by atoms with Crippen LogP contribution in [0.4, 0.5) is 0 Å². The highest BCUT2D eigenvalue weighted by atomic mass is 16.1. The lowest BCUT2D eigenvalue weighted by Gasteiger charge is -2.26. The minimum Gasteiger partial charge on any atom is -0.330 e. The molecule has 1 aromatic carbocycles. The SMILES string of the molecule is CC(=O)c1c2n(c3ccccc13)CN(C)CC2. The Hall–Kier alpha value is -1.61. The first-order valence-electron chi connectivity index (χ1n) is 5.98. The fourth-order valence-electron chi connectivity index (χ4n) is 2.78. The molecule has 3 rings (SSSR count). The third kappa shape index (κ3) is 1.50. The van der Waals surface area contributed by atoms with Gasteiger partial charge in [-0.25, -0.2) is 0 Å². The van der Waals surface area contributed by atoms with Gasteiger partial charge < -0.3 is 4.57 Å². The van der Waals surface area contributed by atoms with Crippen LogP contribution in [0, 0.1) is 0 Å². The van der Waals surface area contributed by atoms with E-state index in [4.69, 9.17) is 0 Å². The van der Waals surface area contributed by atoms with Crippen LogP contribution in [0.5, 0.6) is 0 Å². The lowest BCUT2D eigenvalue weighted by atomic mass is 10.1. The molecule has 0 amide bonds. The summed E-state index contributed by atoms with van der Waals surface area (Å²) in [6.45, 7) is 3.57. The molecule has 88 valence electrons. The number of rotatable bonds is 1. The molecule has 3 nitrogen and oxygen atoms in total. The Labute approximate surface area is 101 Å². The Bertz CT molecular complexity index is 598. The van der Waals surface area contributed by atoms with E-state index in [9.17, 15) is 4.79 Å². The van der Waals surface area contributed by atoms with Gasteiger partial charge in [0, 0.05) is 29.6 Å². The summed E-state index contributed by atoms with van der Waals surface area (Å²) < 4.78 is 2.27. The largest absolute Gasteiger partial charge is 0.330 e. The number of para-hydroxylation sites is 1. The zero-order chi connectivity index (χ0) is 12.0. The second kappa shape index (κ2) is 3.70. The molecular weight excluding hydrogens is 212 g/mol. The third-order valence-electron chi connectivity index (χ3n) is 3.54. The lowest BCUT2D eigenvalue weighted by molar-refractivity contribution is 0.101. The van der Waals surface area contributed by atoms with Crippen molar-refractivity contribution in [2.24, 2.45) is 0 Å². The van der Waals surface area contributed by atoms with E-state index in [-0.39, 0.29) is 5.78 Å². The summed E-state index contributed by atoms with van der Waals surface area (Å²) >= 11 is 0. The fourth-order valence-corrected chi connectivity index (χ4v) is 2.78. The van der Waals surface area contributed by atoms with Gasteiger partial charge in [-0.2, -0.15) is 0 Å². The van der Waals surface area contributed by atoms with Crippen molar-refractivity contribution in [3.63, 3.8) is 0 Å². The summed E-state index contributed by atoms with van der Waals surface area (Å²) in [5, 5.41) is 1.10. The monoisotopic (exact) mass is 228 g/mol. The number of ketones is 1. The highest BCUT2D eigenvalue weighted by Gasteiger charge is 2.23. The molecular formula is C14H16N2O. The smallest absolute Gasteiger partial charge is 0.162 e. The van der Waals surface area contributed by atoms with Gasteiger partial charge in [-0.15, -0.1) is 0 Å². The number of Topliss-reactive ketones (excluding diaryl/α,β-unsaturated/α-hetero) is 1. The Balaban J connectivity index is 2.36. The molecule has 17 heavy (non-hydrogen) atoms. The van der Waals surface area contributed by atoms with Crippen molar-refractivity contribution >= 4 is 16.7 Å². The predicted molar refractivity (Wildman–Crippen MR) is 68.3 cm³/mol. The van der Waals surface area contributed by atoms with Gasteiger partial charge in [-0.05, 0) is 20.0 Å². The molecule has 0 saturated heterocycles. The van der Waals surface area contributed by atoms with Crippen molar-refractivity contribution in [2.45, 2.75) is 20.0 Å². The van der Waals surface area contributed by atoms with Gasteiger partial charge in [0.2, 0.25) is 0 Å². The first-order chi connectivity index (χ1) is 8.18. The van der Waals surface area contributed by atoms with E-state index in [1.807, 2.05) is 12.1 Å². The topological polar surface area (TPSA) is 25.2 Å². The molecule has 0 unspecified atom stereocenters. The standard InChI is InChI=1S/C14H16N2O/c1-10(17)14-11-5-3-4-6-12(11)16-9-15(2)8-7-13(14)16/h3-6H,7-9H2,1-2H3. The minimum atomic E-state index is 0.180. The maximum Gasteiger partial charge on any atom is 0.162 e. The molecule has 0 atom stereocenters. The molecule has 0 bridgehead atoms. The number of carbonyl (C=O) groups is 1. The van der Waals surface area contributed by atoms with Crippen molar-refractivity contribution in [3.05, 3.63) is 35.5 Å². The van der Waals surface area contributed by atoms with Crippen molar-refractivity contribution in [2.75, 3.05) is 13.6 Å². The number of nitrogens with zero attached hydrogens (tertiary/aromatic N) is 2. The van der Waals surface area contributed by atoms with E-state index in [1.165, 1.54) is 11.2 Å². The Morgan fingerprint density at radius 2 is 2.06 bits per heavy atom. The maximum absolute atomic E-state index is 11.8. The van der Waals surface area contributed by atoms with Crippen molar-refractivity contribution in [3.8, 4) is 0 Å². The quantitative estimate of drug-likeness (QED) is 0.700. The summed E-state index contributed by atoms with van der Waals surface area (Å²) in [4.78, 5) is 14.1. The molecule has 0 spiro atoms. The van der Waals surface area contributed by atoms with Gasteiger partial charge in [-0.3, -0.25) is 9.69 Å². The second-order valence-electron chi connectivity index (χ2n) is 4.79. The van der Waals surface area contributed by atoms with E-state index in [0.717, 1.165) is 30.6 Å². The molecule has 0 radical (unpaired) electrons. The Morgan fingerprint density at radius 1 is 1.29 bits per heavy atom.